The van der Waals surface area contributed by atoms with E-state index in [2.05, 4.69) is 9.97 Å². The predicted molar refractivity (Wildman–Crippen MR) is 109 cm³/mol. The smallest absolute Gasteiger partial charge is 0.345 e. The number of nitrogens with zero attached hydrogens (tertiary/aromatic N) is 1. The van der Waals surface area contributed by atoms with E-state index in [4.69, 9.17) is 27.9 Å². The van der Waals surface area contributed by atoms with E-state index in [0.717, 1.165) is 0 Å². The Balaban J connectivity index is 1.59. The Bertz CT molecular complexity index is 1250. The van der Waals surface area contributed by atoms with Gasteiger partial charge in [0.25, 0.3) is 5.56 Å². The first-order chi connectivity index (χ1) is 13.5. The van der Waals surface area contributed by atoms with Gasteiger partial charge in [0, 0.05) is 10.6 Å². The van der Waals surface area contributed by atoms with Gasteiger partial charge in [0.15, 0.2) is 0 Å². The first-order valence-corrected chi connectivity index (χ1v) is 9.03. The van der Waals surface area contributed by atoms with Crippen LogP contribution in [0.4, 0.5) is 0 Å². The van der Waals surface area contributed by atoms with Crippen LogP contribution in [-0.2, 0) is 0 Å². The molecule has 7 heteroatoms. The molecule has 0 unspecified atom stereocenters. The lowest BCUT2D eigenvalue weighted by molar-refractivity contribution is 0.0735. The van der Waals surface area contributed by atoms with Gasteiger partial charge < -0.3 is 9.72 Å². The van der Waals surface area contributed by atoms with Crippen molar-refractivity contribution >= 4 is 40.1 Å². The van der Waals surface area contributed by atoms with Crippen LogP contribution >= 0.6 is 23.2 Å². The summed E-state index contributed by atoms with van der Waals surface area (Å²) in [6, 6.07) is 18.3. The summed E-state index contributed by atoms with van der Waals surface area (Å²) in [5.74, 6) is 0.178. The molecule has 0 amide bonds. The molecular formula is C21H12Cl2N2O3. The van der Waals surface area contributed by atoms with Crippen molar-refractivity contribution in [2.24, 2.45) is 0 Å². The fourth-order valence-corrected chi connectivity index (χ4v) is 3.21. The summed E-state index contributed by atoms with van der Waals surface area (Å²) >= 11 is 11.9. The number of aromatic amines is 1. The maximum atomic E-state index is 12.3. The number of carbonyl (C=O) groups is 1. The fourth-order valence-electron chi connectivity index (χ4n) is 2.72. The fraction of sp³-hybridized carbons (Fsp3) is 0. The third-order valence-electron chi connectivity index (χ3n) is 4.10. The summed E-state index contributed by atoms with van der Waals surface area (Å²) in [5, 5.41) is 1.17. The van der Waals surface area contributed by atoms with Crippen LogP contribution in [0.5, 0.6) is 5.75 Å². The monoisotopic (exact) mass is 410 g/mol. The van der Waals surface area contributed by atoms with Gasteiger partial charge in [-0.05, 0) is 54.6 Å². The SMILES string of the molecule is O=C(Oc1ccc(-c2nc3ccccc3c(=O)[nH]2)cc1)c1ccc(Cl)cc1Cl. The topological polar surface area (TPSA) is 72.0 Å². The number of aromatic nitrogens is 2. The number of para-hydroxylation sites is 1. The van der Waals surface area contributed by atoms with Crippen molar-refractivity contribution in [1.82, 2.24) is 9.97 Å². The van der Waals surface area contributed by atoms with E-state index in [1.807, 2.05) is 6.07 Å². The Morgan fingerprint density at radius 3 is 2.46 bits per heavy atom. The first-order valence-electron chi connectivity index (χ1n) is 8.28. The quantitative estimate of drug-likeness (QED) is 0.375. The van der Waals surface area contributed by atoms with Crippen molar-refractivity contribution in [2.45, 2.75) is 0 Å². The van der Waals surface area contributed by atoms with Gasteiger partial charge in [-0.3, -0.25) is 4.79 Å². The first kappa shape index (κ1) is 18.2. The molecule has 0 aliphatic carbocycles. The second-order valence-corrected chi connectivity index (χ2v) is 6.81. The van der Waals surface area contributed by atoms with Crippen molar-refractivity contribution in [3.8, 4) is 17.1 Å². The molecule has 4 rings (SSSR count). The number of halogens is 2. The number of esters is 1. The van der Waals surface area contributed by atoms with Gasteiger partial charge in [-0.1, -0.05) is 35.3 Å². The second-order valence-electron chi connectivity index (χ2n) is 5.97. The Kier molecular flexibility index (Phi) is 4.86. The number of nitrogens with one attached hydrogen (secondary N) is 1. The Morgan fingerprint density at radius 1 is 0.964 bits per heavy atom. The lowest BCUT2D eigenvalue weighted by Gasteiger charge is -2.07. The standard InChI is InChI=1S/C21H12Cl2N2O3/c22-13-7-10-15(17(23)11-13)21(27)28-14-8-5-12(6-9-14)19-24-18-4-2-1-3-16(18)20(26)25-19/h1-11H,(H,24,25,26). The van der Waals surface area contributed by atoms with Gasteiger partial charge >= 0.3 is 5.97 Å². The highest BCUT2D eigenvalue weighted by atomic mass is 35.5. The average molecular weight is 411 g/mol. The van der Waals surface area contributed by atoms with Crippen molar-refractivity contribution in [1.29, 1.82) is 0 Å². The lowest BCUT2D eigenvalue weighted by Crippen LogP contribution is -2.10. The highest BCUT2D eigenvalue weighted by Crippen LogP contribution is 2.24. The largest absolute Gasteiger partial charge is 0.423 e. The van der Waals surface area contributed by atoms with E-state index in [-0.39, 0.29) is 16.1 Å². The van der Waals surface area contributed by atoms with Crippen LogP contribution in [0.1, 0.15) is 10.4 Å². The molecule has 0 radical (unpaired) electrons. The molecule has 4 aromatic rings. The molecule has 0 aliphatic heterocycles. The highest BCUT2D eigenvalue weighted by Gasteiger charge is 2.13. The van der Waals surface area contributed by atoms with E-state index in [1.165, 1.54) is 12.1 Å². The molecule has 0 saturated carbocycles. The van der Waals surface area contributed by atoms with Crippen molar-refractivity contribution < 1.29 is 9.53 Å². The van der Waals surface area contributed by atoms with Gasteiger partial charge in [0.1, 0.15) is 11.6 Å². The molecule has 0 fully saturated rings. The molecule has 5 nitrogen and oxygen atoms in total. The maximum absolute atomic E-state index is 12.3. The number of carbonyl (C=O) groups excluding carboxylic acids is 1. The molecule has 0 atom stereocenters. The number of hydrogen-bond donors (Lipinski definition) is 1. The van der Waals surface area contributed by atoms with Crippen molar-refractivity contribution in [3.05, 3.63) is 92.7 Å². The zero-order valence-electron chi connectivity index (χ0n) is 14.3. The molecule has 28 heavy (non-hydrogen) atoms. The minimum absolute atomic E-state index is 0.214. The van der Waals surface area contributed by atoms with Crippen LogP contribution in [0.3, 0.4) is 0 Å². The second kappa shape index (κ2) is 7.46. The van der Waals surface area contributed by atoms with Gasteiger partial charge in [0.2, 0.25) is 0 Å². The van der Waals surface area contributed by atoms with Crippen LogP contribution in [0.25, 0.3) is 22.3 Å². The molecule has 3 aromatic carbocycles. The number of benzene rings is 3. The van der Waals surface area contributed by atoms with Crippen LogP contribution in [0, 0.1) is 0 Å². The van der Waals surface area contributed by atoms with Crippen LogP contribution in [0.15, 0.2) is 71.5 Å². The number of ether oxygens (including phenoxy) is 1. The molecule has 0 saturated heterocycles. The molecule has 0 spiro atoms. The van der Waals surface area contributed by atoms with Gasteiger partial charge in [-0.15, -0.1) is 0 Å². The average Bonchev–Trinajstić information content (AvgIpc) is 2.68. The summed E-state index contributed by atoms with van der Waals surface area (Å²) in [6.07, 6.45) is 0. The van der Waals surface area contributed by atoms with Crippen molar-refractivity contribution in [3.63, 3.8) is 0 Å². The Labute approximate surface area is 169 Å². The predicted octanol–water partition coefficient (Wildman–Crippen LogP) is 5.12. The van der Waals surface area contributed by atoms with Crippen LogP contribution < -0.4 is 10.3 Å². The van der Waals surface area contributed by atoms with E-state index < -0.39 is 5.97 Å². The molecule has 138 valence electrons. The minimum Gasteiger partial charge on any atom is -0.423 e. The van der Waals surface area contributed by atoms with Gasteiger partial charge in [0.05, 0.1) is 21.5 Å². The molecular weight excluding hydrogens is 399 g/mol. The van der Waals surface area contributed by atoms with Gasteiger partial charge in [-0.2, -0.15) is 0 Å². The molecule has 1 heterocycles. The third-order valence-corrected chi connectivity index (χ3v) is 4.65. The third kappa shape index (κ3) is 3.63. The van der Waals surface area contributed by atoms with E-state index >= 15 is 0 Å². The molecule has 0 bridgehead atoms. The van der Waals surface area contributed by atoms with E-state index in [0.29, 0.717) is 33.1 Å². The molecule has 1 N–H and O–H groups in total. The zero-order chi connectivity index (χ0) is 19.7. The maximum Gasteiger partial charge on any atom is 0.345 e. The Morgan fingerprint density at radius 2 is 1.71 bits per heavy atom. The number of rotatable bonds is 3. The summed E-state index contributed by atoms with van der Waals surface area (Å²) in [5.41, 5.74) is 1.30. The summed E-state index contributed by atoms with van der Waals surface area (Å²) < 4.78 is 5.35. The lowest BCUT2D eigenvalue weighted by atomic mass is 10.2. The number of fused-ring (bicyclic) bond motifs is 1. The number of hydrogen-bond acceptors (Lipinski definition) is 4. The summed E-state index contributed by atoms with van der Waals surface area (Å²) in [4.78, 5) is 31.7. The number of H-pyrrole nitrogens is 1. The minimum atomic E-state index is -0.591. The van der Waals surface area contributed by atoms with Crippen LogP contribution in [-0.4, -0.2) is 15.9 Å². The van der Waals surface area contributed by atoms with Gasteiger partial charge in [-0.25, -0.2) is 9.78 Å². The van der Waals surface area contributed by atoms with Crippen LogP contribution in [0.2, 0.25) is 10.0 Å². The van der Waals surface area contributed by atoms with E-state index in [9.17, 15) is 9.59 Å². The normalized spacial score (nSPS) is 10.8. The van der Waals surface area contributed by atoms with Crippen molar-refractivity contribution in [2.75, 3.05) is 0 Å². The zero-order valence-corrected chi connectivity index (χ0v) is 15.8. The summed E-state index contributed by atoms with van der Waals surface area (Å²) in [6.45, 7) is 0. The highest BCUT2D eigenvalue weighted by molar-refractivity contribution is 6.36. The molecule has 1 aromatic heterocycles. The molecule has 0 aliphatic rings. The Hall–Kier alpha value is -3.15. The summed E-state index contributed by atoms with van der Waals surface area (Å²) in [7, 11) is 0. The van der Waals surface area contributed by atoms with E-state index in [1.54, 1.807) is 48.5 Å².